The Bertz CT molecular complexity index is 332. The lowest BCUT2D eigenvalue weighted by atomic mass is 10.2. The van der Waals surface area contributed by atoms with Crippen molar-refractivity contribution >= 4 is 21.7 Å². The van der Waals surface area contributed by atoms with E-state index in [4.69, 9.17) is 4.42 Å². The van der Waals surface area contributed by atoms with Crippen molar-refractivity contribution < 1.29 is 9.21 Å². The first kappa shape index (κ1) is 10.3. The van der Waals surface area contributed by atoms with Crippen molar-refractivity contribution in [2.45, 2.75) is 20.3 Å². The topological polar surface area (TPSA) is 30.2 Å². The highest BCUT2D eigenvalue weighted by Gasteiger charge is 2.04. The summed E-state index contributed by atoms with van der Waals surface area (Å²) in [5.74, 6) is 0.760. The van der Waals surface area contributed by atoms with Crippen molar-refractivity contribution in [1.29, 1.82) is 0 Å². The third-order valence-corrected chi connectivity index (χ3v) is 1.85. The highest BCUT2D eigenvalue weighted by molar-refractivity contribution is 9.10. The van der Waals surface area contributed by atoms with Gasteiger partial charge in [-0.2, -0.15) is 0 Å². The highest BCUT2D eigenvalue weighted by Crippen LogP contribution is 2.14. The molecule has 13 heavy (non-hydrogen) atoms. The maximum absolute atomic E-state index is 11.3. The molecule has 0 bridgehead atoms. The molecule has 3 heteroatoms. The number of carbonyl (C=O) groups excluding carboxylic acids is 1. The summed E-state index contributed by atoms with van der Waals surface area (Å²) in [4.78, 5) is 11.3. The van der Waals surface area contributed by atoms with E-state index in [1.165, 1.54) is 0 Å². The Kier molecular flexibility index (Phi) is 3.48. The summed E-state index contributed by atoms with van der Waals surface area (Å²) in [6, 6.07) is 3.58. The van der Waals surface area contributed by atoms with Gasteiger partial charge >= 0.3 is 0 Å². The van der Waals surface area contributed by atoms with E-state index in [9.17, 15) is 4.79 Å². The summed E-state index contributed by atoms with van der Waals surface area (Å²) in [5.41, 5.74) is 1.01. The molecule has 0 amide bonds. The smallest absolute Gasteiger partial charge is 0.169 e. The van der Waals surface area contributed by atoms with Gasteiger partial charge in [-0.05, 0) is 48.0 Å². The fourth-order valence-electron chi connectivity index (χ4n) is 0.991. The second-order valence-electron chi connectivity index (χ2n) is 3.07. The normalized spacial score (nSPS) is 9.77. The molecule has 0 atom stereocenters. The minimum Gasteiger partial charge on any atom is -0.454 e. The molecular weight excluding hydrogens is 232 g/mol. The molecule has 0 spiro atoms. The number of carbonyl (C=O) groups is 1. The third kappa shape index (κ3) is 3.59. The van der Waals surface area contributed by atoms with Crippen molar-refractivity contribution in [3.8, 4) is 0 Å². The molecule has 1 heterocycles. The van der Waals surface area contributed by atoms with Gasteiger partial charge < -0.3 is 4.42 Å². The van der Waals surface area contributed by atoms with Crippen molar-refractivity contribution in [3.05, 3.63) is 34.2 Å². The summed E-state index contributed by atoms with van der Waals surface area (Å²) < 4.78 is 5.86. The molecule has 1 aromatic heterocycles. The zero-order valence-corrected chi connectivity index (χ0v) is 9.22. The average Bonchev–Trinajstić information content (AvgIpc) is 2.33. The van der Waals surface area contributed by atoms with Crippen LogP contribution in [0.25, 0.3) is 0 Å². The van der Waals surface area contributed by atoms with E-state index in [1.807, 2.05) is 13.8 Å². The van der Waals surface area contributed by atoms with E-state index in [2.05, 4.69) is 15.9 Å². The highest BCUT2D eigenvalue weighted by atomic mass is 79.9. The van der Waals surface area contributed by atoms with Crippen molar-refractivity contribution in [3.63, 3.8) is 0 Å². The summed E-state index contributed by atoms with van der Waals surface area (Å²) in [7, 11) is 0. The molecule has 1 aromatic rings. The van der Waals surface area contributed by atoms with Crippen LogP contribution in [0.3, 0.4) is 0 Å². The van der Waals surface area contributed by atoms with Crippen LogP contribution < -0.4 is 0 Å². The van der Waals surface area contributed by atoms with E-state index < -0.39 is 0 Å². The third-order valence-electron chi connectivity index (χ3n) is 1.43. The Balaban J connectivity index is 2.60. The number of allylic oxidation sites excluding steroid dienone is 2. The predicted octanol–water partition coefficient (Wildman–Crippen LogP) is 3.12. The largest absolute Gasteiger partial charge is 0.454 e. The lowest BCUT2D eigenvalue weighted by Crippen LogP contribution is -1.97. The quantitative estimate of drug-likeness (QED) is 0.763. The molecule has 0 aliphatic heterocycles. The van der Waals surface area contributed by atoms with Crippen LogP contribution in [-0.4, -0.2) is 5.78 Å². The number of hydrogen-bond donors (Lipinski definition) is 0. The molecule has 2 nitrogen and oxygen atoms in total. The lowest BCUT2D eigenvalue weighted by molar-refractivity contribution is -0.114. The van der Waals surface area contributed by atoms with Crippen LogP contribution in [-0.2, 0) is 11.2 Å². The maximum atomic E-state index is 11.3. The van der Waals surface area contributed by atoms with Gasteiger partial charge in [-0.3, -0.25) is 4.79 Å². The first-order valence-electron chi connectivity index (χ1n) is 4.00. The van der Waals surface area contributed by atoms with Crippen molar-refractivity contribution in [1.82, 2.24) is 0 Å². The first-order chi connectivity index (χ1) is 6.08. The Morgan fingerprint density at radius 3 is 2.69 bits per heavy atom. The van der Waals surface area contributed by atoms with Gasteiger partial charge in [-0.25, -0.2) is 0 Å². The summed E-state index contributed by atoms with van der Waals surface area (Å²) in [5, 5.41) is 0. The molecule has 0 fully saturated rings. The summed E-state index contributed by atoms with van der Waals surface area (Å²) in [6.07, 6.45) is 1.95. The van der Waals surface area contributed by atoms with Gasteiger partial charge in [-0.15, -0.1) is 0 Å². The van der Waals surface area contributed by atoms with Crippen molar-refractivity contribution in [2.24, 2.45) is 0 Å². The fourth-order valence-corrected chi connectivity index (χ4v) is 1.33. The van der Waals surface area contributed by atoms with Crippen LogP contribution in [0.1, 0.15) is 19.6 Å². The average molecular weight is 243 g/mol. The maximum Gasteiger partial charge on any atom is 0.169 e. The monoisotopic (exact) mass is 242 g/mol. The second-order valence-corrected chi connectivity index (χ2v) is 3.85. The van der Waals surface area contributed by atoms with E-state index in [-0.39, 0.29) is 5.78 Å². The molecule has 0 unspecified atom stereocenters. The van der Waals surface area contributed by atoms with E-state index >= 15 is 0 Å². The molecule has 1 rings (SSSR count). The fraction of sp³-hybridized carbons (Fsp3) is 0.300. The zero-order chi connectivity index (χ0) is 9.84. The van der Waals surface area contributed by atoms with Gasteiger partial charge in [0.15, 0.2) is 10.5 Å². The van der Waals surface area contributed by atoms with Crippen LogP contribution in [0, 0.1) is 0 Å². The molecule has 0 aliphatic rings. The van der Waals surface area contributed by atoms with Crippen LogP contribution >= 0.6 is 15.9 Å². The Morgan fingerprint density at radius 2 is 2.23 bits per heavy atom. The van der Waals surface area contributed by atoms with E-state index in [0.717, 1.165) is 5.57 Å². The lowest BCUT2D eigenvalue weighted by Gasteiger charge is -1.92. The van der Waals surface area contributed by atoms with Gasteiger partial charge in [-0.1, -0.05) is 5.57 Å². The van der Waals surface area contributed by atoms with Gasteiger partial charge in [0, 0.05) is 0 Å². The molecule has 0 saturated carbocycles. The minimum atomic E-state index is 0.0712. The number of ketones is 1. The van der Waals surface area contributed by atoms with Gasteiger partial charge in [0.1, 0.15) is 5.76 Å². The zero-order valence-electron chi connectivity index (χ0n) is 7.63. The number of rotatable bonds is 3. The standard InChI is InChI=1S/C10H11BrO2/c1-7(2)5-8(12)6-9-3-4-10(11)13-9/h3-5H,6H2,1-2H3. The van der Waals surface area contributed by atoms with Gasteiger partial charge in [0.05, 0.1) is 6.42 Å². The molecule has 0 aliphatic carbocycles. The number of furan rings is 1. The summed E-state index contributed by atoms with van der Waals surface area (Å²) >= 11 is 3.18. The van der Waals surface area contributed by atoms with Crippen LogP contribution in [0.2, 0.25) is 0 Å². The Morgan fingerprint density at radius 1 is 1.54 bits per heavy atom. The Labute approximate surface area is 85.8 Å². The van der Waals surface area contributed by atoms with Crippen molar-refractivity contribution in [2.75, 3.05) is 0 Å². The molecule has 0 saturated heterocycles. The minimum absolute atomic E-state index is 0.0712. The molecule has 0 N–H and O–H groups in total. The van der Waals surface area contributed by atoms with Gasteiger partial charge in [0.25, 0.3) is 0 Å². The molecule has 70 valence electrons. The molecule has 0 aromatic carbocycles. The van der Waals surface area contributed by atoms with Gasteiger partial charge in [0.2, 0.25) is 0 Å². The summed E-state index contributed by atoms with van der Waals surface area (Å²) in [6.45, 7) is 3.80. The molecule has 0 radical (unpaired) electrons. The predicted molar refractivity (Wildman–Crippen MR) is 54.6 cm³/mol. The van der Waals surface area contributed by atoms with Crippen LogP contribution in [0.4, 0.5) is 0 Å². The van der Waals surface area contributed by atoms with Crippen LogP contribution in [0.15, 0.2) is 32.9 Å². The number of hydrogen-bond acceptors (Lipinski definition) is 2. The van der Waals surface area contributed by atoms with E-state index in [1.54, 1.807) is 18.2 Å². The number of halogens is 1. The SMILES string of the molecule is CC(C)=CC(=O)Cc1ccc(Br)o1. The Hall–Kier alpha value is -0.830. The first-order valence-corrected chi connectivity index (χ1v) is 4.79. The van der Waals surface area contributed by atoms with Crippen LogP contribution in [0.5, 0.6) is 0 Å². The molecular formula is C10H11BrO2. The van der Waals surface area contributed by atoms with E-state index in [0.29, 0.717) is 16.9 Å². The second kappa shape index (κ2) is 4.42.